The molecule has 0 radical (unpaired) electrons. The molecular weight excluding hydrogens is 376 g/mol. The van der Waals surface area contributed by atoms with Crippen molar-refractivity contribution in [3.63, 3.8) is 0 Å². The van der Waals surface area contributed by atoms with Gasteiger partial charge < -0.3 is 15.0 Å². The van der Waals surface area contributed by atoms with Crippen molar-refractivity contribution < 1.29 is 19.1 Å². The maximum absolute atomic E-state index is 12.5. The van der Waals surface area contributed by atoms with E-state index in [0.29, 0.717) is 18.8 Å². The second-order valence-corrected chi connectivity index (χ2v) is 7.43. The van der Waals surface area contributed by atoms with Gasteiger partial charge in [-0.3, -0.25) is 14.4 Å². The summed E-state index contributed by atoms with van der Waals surface area (Å²) in [6.45, 7) is 2.49. The molecule has 1 aliphatic rings. The molecule has 2 aromatic carbocycles. The molecule has 0 spiro atoms. The number of hydrogen-bond donors (Lipinski definition) is 1. The molecule has 2 amide bonds. The molecule has 2 aromatic rings. The standard InChI is InChI=1S/C21H22N2O4S/c1-15(27-19(24)11-12-23-13-14-28-21(23)26)20(25)22-18-10-6-5-9-17(18)16-7-3-2-4-8-16/h2-10,15H,11-14H2,1H3,(H,22,25). The fourth-order valence-corrected chi connectivity index (χ4v) is 3.71. The maximum Gasteiger partial charge on any atom is 0.308 e. The Morgan fingerprint density at radius 1 is 1.14 bits per heavy atom. The van der Waals surface area contributed by atoms with Crippen molar-refractivity contribution in [1.29, 1.82) is 0 Å². The van der Waals surface area contributed by atoms with Crippen molar-refractivity contribution in [1.82, 2.24) is 4.90 Å². The molecule has 1 N–H and O–H groups in total. The topological polar surface area (TPSA) is 75.7 Å². The quantitative estimate of drug-likeness (QED) is 0.719. The number of ether oxygens (including phenoxy) is 1. The number of benzene rings is 2. The molecule has 146 valence electrons. The number of para-hydroxylation sites is 1. The minimum Gasteiger partial charge on any atom is -0.452 e. The van der Waals surface area contributed by atoms with E-state index in [1.807, 2.05) is 54.6 Å². The summed E-state index contributed by atoms with van der Waals surface area (Å²) in [5.41, 5.74) is 2.53. The highest BCUT2D eigenvalue weighted by molar-refractivity contribution is 8.13. The van der Waals surface area contributed by atoms with E-state index < -0.39 is 18.0 Å². The summed E-state index contributed by atoms with van der Waals surface area (Å²) in [6, 6.07) is 17.2. The van der Waals surface area contributed by atoms with E-state index in [1.54, 1.807) is 4.90 Å². The zero-order chi connectivity index (χ0) is 19.9. The summed E-state index contributed by atoms with van der Waals surface area (Å²) in [6.07, 6.45) is -0.857. The Morgan fingerprint density at radius 2 is 1.86 bits per heavy atom. The van der Waals surface area contributed by atoms with Gasteiger partial charge in [0, 0.05) is 30.1 Å². The lowest BCUT2D eigenvalue weighted by Gasteiger charge is -2.17. The molecule has 0 bridgehead atoms. The van der Waals surface area contributed by atoms with Crippen molar-refractivity contribution in [3.8, 4) is 11.1 Å². The molecule has 1 atom stereocenters. The van der Waals surface area contributed by atoms with E-state index in [4.69, 9.17) is 4.74 Å². The normalized spacial score (nSPS) is 14.6. The van der Waals surface area contributed by atoms with Gasteiger partial charge in [-0.1, -0.05) is 60.3 Å². The van der Waals surface area contributed by atoms with Gasteiger partial charge in [-0.15, -0.1) is 0 Å². The number of nitrogens with zero attached hydrogens (tertiary/aromatic N) is 1. The van der Waals surface area contributed by atoms with Crippen LogP contribution in [0.2, 0.25) is 0 Å². The number of hydrogen-bond acceptors (Lipinski definition) is 5. The second-order valence-electron chi connectivity index (χ2n) is 6.38. The summed E-state index contributed by atoms with van der Waals surface area (Å²) in [5, 5.41) is 2.82. The van der Waals surface area contributed by atoms with Crippen LogP contribution in [0.1, 0.15) is 13.3 Å². The summed E-state index contributed by atoms with van der Waals surface area (Å²) in [4.78, 5) is 37.7. The van der Waals surface area contributed by atoms with Crippen LogP contribution in [-0.4, -0.2) is 47.0 Å². The van der Waals surface area contributed by atoms with Gasteiger partial charge in [0.1, 0.15) is 0 Å². The fraction of sp³-hybridized carbons (Fsp3) is 0.286. The molecule has 28 heavy (non-hydrogen) atoms. The van der Waals surface area contributed by atoms with E-state index in [-0.39, 0.29) is 11.7 Å². The summed E-state index contributed by atoms with van der Waals surface area (Å²) in [5.74, 6) is -0.152. The van der Waals surface area contributed by atoms with E-state index in [1.165, 1.54) is 18.7 Å². The fourth-order valence-electron chi connectivity index (χ4n) is 2.86. The second kappa shape index (κ2) is 9.41. The Bertz CT molecular complexity index is 856. The number of carbonyl (C=O) groups excluding carboxylic acids is 3. The zero-order valence-corrected chi connectivity index (χ0v) is 16.4. The first-order valence-electron chi connectivity index (χ1n) is 9.11. The molecule has 3 rings (SSSR count). The smallest absolute Gasteiger partial charge is 0.308 e. The average Bonchev–Trinajstić information content (AvgIpc) is 3.12. The molecule has 1 aliphatic heterocycles. The Hall–Kier alpha value is -2.80. The van der Waals surface area contributed by atoms with Gasteiger partial charge in [0.05, 0.1) is 6.42 Å². The van der Waals surface area contributed by atoms with Crippen molar-refractivity contribution in [3.05, 3.63) is 54.6 Å². The van der Waals surface area contributed by atoms with Crippen molar-refractivity contribution in [2.45, 2.75) is 19.4 Å². The number of thioether (sulfide) groups is 1. The molecule has 1 unspecified atom stereocenters. The highest BCUT2D eigenvalue weighted by Gasteiger charge is 2.23. The van der Waals surface area contributed by atoms with Gasteiger partial charge in [0.25, 0.3) is 11.1 Å². The van der Waals surface area contributed by atoms with Crippen LogP contribution in [0.5, 0.6) is 0 Å². The molecule has 6 nitrogen and oxygen atoms in total. The monoisotopic (exact) mass is 398 g/mol. The van der Waals surface area contributed by atoms with E-state index in [0.717, 1.165) is 16.9 Å². The van der Waals surface area contributed by atoms with E-state index >= 15 is 0 Å². The minimum absolute atomic E-state index is 0.0175. The first-order valence-corrected chi connectivity index (χ1v) is 10.1. The number of rotatable bonds is 7. The van der Waals surface area contributed by atoms with Crippen LogP contribution in [-0.2, 0) is 14.3 Å². The van der Waals surface area contributed by atoms with Gasteiger partial charge >= 0.3 is 5.97 Å². The third-order valence-electron chi connectivity index (χ3n) is 4.38. The van der Waals surface area contributed by atoms with E-state index in [2.05, 4.69) is 5.32 Å². The maximum atomic E-state index is 12.5. The molecular formula is C21H22N2O4S. The van der Waals surface area contributed by atoms with Gasteiger partial charge in [0.15, 0.2) is 6.10 Å². The SMILES string of the molecule is CC(OC(=O)CCN1CCSC1=O)C(=O)Nc1ccccc1-c1ccccc1. The Balaban J connectivity index is 1.56. The van der Waals surface area contributed by atoms with Crippen LogP contribution in [0.3, 0.4) is 0 Å². The summed E-state index contributed by atoms with van der Waals surface area (Å²) in [7, 11) is 0. The summed E-state index contributed by atoms with van der Waals surface area (Å²) >= 11 is 1.25. The van der Waals surface area contributed by atoms with Crippen LogP contribution in [0, 0.1) is 0 Å². The number of anilines is 1. The number of carbonyl (C=O) groups is 3. The summed E-state index contributed by atoms with van der Waals surface area (Å²) < 4.78 is 5.23. The number of nitrogens with one attached hydrogen (secondary N) is 1. The molecule has 7 heteroatoms. The van der Waals surface area contributed by atoms with Crippen LogP contribution < -0.4 is 5.32 Å². The van der Waals surface area contributed by atoms with Crippen molar-refractivity contribution >= 4 is 34.6 Å². The van der Waals surface area contributed by atoms with Gasteiger partial charge in [-0.2, -0.15) is 0 Å². The first kappa shape index (κ1) is 19.9. The van der Waals surface area contributed by atoms with Crippen molar-refractivity contribution in [2.24, 2.45) is 0 Å². The highest BCUT2D eigenvalue weighted by atomic mass is 32.2. The largest absolute Gasteiger partial charge is 0.452 e. The predicted octanol–water partition coefficient (Wildman–Crippen LogP) is 3.78. The Kier molecular flexibility index (Phi) is 6.71. The third kappa shape index (κ3) is 5.13. The molecule has 0 aromatic heterocycles. The Morgan fingerprint density at radius 3 is 2.57 bits per heavy atom. The molecule has 1 fully saturated rings. The van der Waals surface area contributed by atoms with Crippen LogP contribution in [0.15, 0.2) is 54.6 Å². The highest BCUT2D eigenvalue weighted by Crippen LogP contribution is 2.27. The van der Waals surface area contributed by atoms with E-state index in [9.17, 15) is 14.4 Å². The molecule has 0 aliphatic carbocycles. The number of amides is 2. The third-order valence-corrected chi connectivity index (χ3v) is 5.27. The lowest BCUT2D eigenvalue weighted by Crippen LogP contribution is -2.32. The lowest BCUT2D eigenvalue weighted by atomic mass is 10.0. The van der Waals surface area contributed by atoms with Crippen LogP contribution in [0.25, 0.3) is 11.1 Å². The molecule has 1 heterocycles. The lowest BCUT2D eigenvalue weighted by molar-refractivity contribution is -0.153. The predicted molar refractivity (Wildman–Crippen MR) is 110 cm³/mol. The Labute approximate surface area is 168 Å². The molecule has 1 saturated heterocycles. The first-order chi connectivity index (χ1) is 13.5. The van der Waals surface area contributed by atoms with Gasteiger partial charge in [0.2, 0.25) is 0 Å². The van der Waals surface area contributed by atoms with Crippen LogP contribution in [0.4, 0.5) is 10.5 Å². The van der Waals surface area contributed by atoms with Gasteiger partial charge in [-0.05, 0) is 18.6 Å². The molecule has 0 saturated carbocycles. The number of esters is 1. The van der Waals surface area contributed by atoms with Crippen LogP contribution >= 0.6 is 11.8 Å². The van der Waals surface area contributed by atoms with Gasteiger partial charge in [-0.25, -0.2) is 0 Å². The zero-order valence-electron chi connectivity index (χ0n) is 15.6. The minimum atomic E-state index is -0.931. The average molecular weight is 398 g/mol. The van der Waals surface area contributed by atoms with Crippen molar-refractivity contribution in [2.75, 3.05) is 24.2 Å².